The molecule has 4 aromatic rings. The quantitative estimate of drug-likeness (QED) is 0.341. The summed E-state index contributed by atoms with van der Waals surface area (Å²) in [4.78, 5) is 0. The fourth-order valence-electron chi connectivity index (χ4n) is 4.54. The van der Waals surface area contributed by atoms with Crippen molar-refractivity contribution in [3.63, 3.8) is 0 Å². The van der Waals surface area contributed by atoms with Crippen LogP contribution in [-0.2, 0) is 5.41 Å². The summed E-state index contributed by atoms with van der Waals surface area (Å²) in [5.74, 6) is 0. The molecule has 0 aromatic heterocycles. The van der Waals surface area contributed by atoms with E-state index in [1.165, 1.54) is 33.4 Å². The van der Waals surface area contributed by atoms with E-state index in [0.29, 0.717) is 0 Å². The van der Waals surface area contributed by atoms with Gasteiger partial charge in [-0.2, -0.15) is 0 Å². The van der Waals surface area contributed by atoms with Crippen LogP contribution in [-0.4, -0.2) is 0 Å². The van der Waals surface area contributed by atoms with Gasteiger partial charge in [0.05, 0.1) is 5.41 Å². The van der Waals surface area contributed by atoms with E-state index < -0.39 is 5.41 Å². The molecule has 0 saturated carbocycles. The van der Waals surface area contributed by atoms with Gasteiger partial charge in [-0.05, 0) is 63.7 Å². The first-order chi connectivity index (χ1) is 13.6. The van der Waals surface area contributed by atoms with Crippen molar-refractivity contribution in [2.75, 3.05) is 11.5 Å². The van der Waals surface area contributed by atoms with E-state index in [0.717, 1.165) is 15.8 Å². The Morgan fingerprint density at radius 3 is 1.71 bits per heavy atom. The summed E-state index contributed by atoms with van der Waals surface area (Å²) in [6.07, 6.45) is 0. The molecule has 0 heterocycles. The number of nitrogen functional groups attached to an aromatic ring is 2. The van der Waals surface area contributed by atoms with Crippen molar-refractivity contribution >= 4 is 27.3 Å². The van der Waals surface area contributed by atoms with Crippen molar-refractivity contribution in [2.24, 2.45) is 0 Å². The van der Waals surface area contributed by atoms with Gasteiger partial charge < -0.3 is 11.5 Å². The van der Waals surface area contributed by atoms with E-state index in [9.17, 15) is 0 Å². The van der Waals surface area contributed by atoms with Crippen molar-refractivity contribution in [1.29, 1.82) is 0 Å². The molecule has 4 aromatic carbocycles. The topological polar surface area (TPSA) is 52.0 Å². The third-order valence-electron chi connectivity index (χ3n) is 5.70. The molecular weight excluding hydrogens is 408 g/mol. The van der Waals surface area contributed by atoms with Gasteiger partial charge in [-0.15, -0.1) is 0 Å². The van der Waals surface area contributed by atoms with Gasteiger partial charge in [0.2, 0.25) is 0 Å². The molecule has 2 nitrogen and oxygen atoms in total. The molecule has 0 radical (unpaired) electrons. The van der Waals surface area contributed by atoms with Crippen LogP contribution < -0.4 is 11.5 Å². The largest absolute Gasteiger partial charge is 0.399 e. The highest BCUT2D eigenvalue weighted by atomic mass is 79.9. The highest BCUT2D eigenvalue weighted by Gasteiger charge is 2.47. The Hall–Kier alpha value is -3.04. The first kappa shape index (κ1) is 17.1. The van der Waals surface area contributed by atoms with Gasteiger partial charge in [-0.1, -0.05) is 76.6 Å². The van der Waals surface area contributed by atoms with Crippen LogP contribution in [0, 0.1) is 0 Å². The van der Waals surface area contributed by atoms with Crippen molar-refractivity contribution in [3.05, 3.63) is 118 Å². The lowest BCUT2D eigenvalue weighted by Crippen LogP contribution is -2.29. The van der Waals surface area contributed by atoms with E-state index in [-0.39, 0.29) is 0 Å². The molecule has 1 aliphatic rings. The standard InChI is InChI=1S/C25H19BrN2/c26-23-7-3-5-21-20-4-1-2-6-22(20)25(24(21)23,16-8-12-18(27)13-9-16)17-10-14-19(28)15-11-17/h1-15H,27-28H2. The predicted molar refractivity (Wildman–Crippen MR) is 120 cm³/mol. The molecule has 0 atom stereocenters. The minimum absolute atomic E-state index is 0.437. The van der Waals surface area contributed by atoms with Gasteiger partial charge in [0.15, 0.2) is 0 Å². The first-order valence-electron chi connectivity index (χ1n) is 9.23. The van der Waals surface area contributed by atoms with E-state index in [4.69, 9.17) is 11.5 Å². The minimum Gasteiger partial charge on any atom is -0.399 e. The number of hydrogen-bond acceptors (Lipinski definition) is 2. The molecule has 5 rings (SSSR count). The summed E-state index contributed by atoms with van der Waals surface area (Å²) in [7, 11) is 0. The molecule has 0 unspecified atom stereocenters. The highest BCUT2D eigenvalue weighted by Crippen LogP contribution is 2.58. The molecule has 0 bridgehead atoms. The zero-order valence-electron chi connectivity index (χ0n) is 15.2. The number of rotatable bonds is 2. The number of nitrogens with two attached hydrogens (primary N) is 2. The Kier molecular flexibility index (Phi) is 3.81. The van der Waals surface area contributed by atoms with Crippen LogP contribution in [0.25, 0.3) is 11.1 Å². The molecule has 4 N–H and O–H groups in total. The lowest BCUT2D eigenvalue weighted by molar-refractivity contribution is 0.764. The minimum atomic E-state index is -0.437. The number of benzene rings is 4. The van der Waals surface area contributed by atoms with Crippen LogP contribution in [0.1, 0.15) is 22.3 Å². The molecule has 136 valence electrons. The fraction of sp³-hybridized carbons (Fsp3) is 0.0400. The molecule has 0 spiro atoms. The van der Waals surface area contributed by atoms with Crippen LogP contribution in [0.4, 0.5) is 11.4 Å². The number of hydrogen-bond donors (Lipinski definition) is 2. The average Bonchev–Trinajstić information content (AvgIpc) is 3.02. The monoisotopic (exact) mass is 426 g/mol. The van der Waals surface area contributed by atoms with Crippen LogP contribution >= 0.6 is 15.9 Å². The SMILES string of the molecule is Nc1ccc(C2(c3ccc(N)cc3)c3ccccc3-c3cccc(Br)c32)cc1. The Labute approximate surface area is 173 Å². The lowest BCUT2D eigenvalue weighted by Gasteiger charge is -2.34. The molecule has 28 heavy (non-hydrogen) atoms. The van der Waals surface area contributed by atoms with Crippen LogP contribution in [0.5, 0.6) is 0 Å². The zero-order chi connectivity index (χ0) is 19.3. The second-order valence-electron chi connectivity index (χ2n) is 7.20. The molecule has 1 aliphatic carbocycles. The Balaban J connectivity index is 1.98. The molecule has 0 aliphatic heterocycles. The molecule has 0 amide bonds. The molecule has 0 saturated heterocycles. The number of halogens is 1. The van der Waals surface area contributed by atoms with Crippen molar-refractivity contribution in [1.82, 2.24) is 0 Å². The maximum atomic E-state index is 6.02. The van der Waals surface area contributed by atoms with E-state index >= 15 is 0 Å². The Morgan fingerprint density at radius 1 is 0.571 bits per heavy atom. The van der Waals surface area contributed by atoms with Crippen LogP contribution in [0.3, 0.4) is 0 Å². The smallest absolute Gasteiger partial charge is 0.0724 e. The number of fused-ring (bicyclic) bond motifs is 3. The number of anilines is 2. The van der Waals surface area contributed by atoms with Gasteiger partial charge in [-0.3, -0.25) is 0 Å². The summed E-state index contributed by atoms with van der Waals surface area (Å²) in [5.41, 5.74) is 20.5. The first-order valence-corrected chi connectivity index (χ1v) is 10.0. The summed E-state index contributed by atoms with van der Waals surface area (Å²) in [5, 5.41) is 0. The molecule has 0 fully saturated rings. The third-order valence-corrected chi connectivity index (χ3v) is 6.36. The van der Waals surface area contributed by atoms with Crippen LogP contribution in [0.2, 0.25) is 0 Å². The van der Waals surface area contributed by atoms with Gasteiger partial charge in [0, 0.05) is 15.8 Å². The zero-order valence-corrected chi connectivity index (χ0v) is 16.8. The van der Waals surface area contributed by atoms with Crippen molar-refractivity contribution < 1.29 is 0 Å². The predicted octanol–water partition coefficient (Wildman–Crippen LogP) is 5.98. The summed E-state index contributed by atoms with van der Waals surface area (Å²) < 4.78 is 1.09. The lowest BCUT2D eigenvalue weighted by atomic mass is 9.67. The van der Waals surface area contributed by atoms with E-state index in [2.05, 4.69) is 82.7 Å². The van der Waals surface area contributed by atoms with E-state index in [1.54, 1.807) is 0 Å². The summed E-state index contributed by atoms with van der Waals surface area (Å²) in [6.45, 7) is 0. The fourth-order valence-corrected chi connectivity index (χ4v) is 5.21. The second-order valence-corrected chi connectivity index (χ2v) is 8.06. The van der Waals surface area contributed by atoms with Gasteiger partial charge in [0.25, 0.3) is 0 Å². The summed E-state index contributed by atoms with van der Waals surface area (Å²) in [6, 6.07) is 31.5. The normalized spacial score (nSPS) is 13.8. The molecular formula is C25H19BrN2. The third kappa shape index (κ3) is 2.26. The maximum absolute atomic E-state index is 6.02. The maximum Gasteiger partial charge on any atom is 0.0724 e. The second kappa shape index (κ2) is 6.25. The van der Waals surface area contributed by atoms with Gasteiger partial charge >= 0.3 is 0 Å². The van der Waals surface area contributed by atoms with Gasteiger partial charge in [0.1, 0.15) is 0 Å². The van der Waals surface area contributed by atoms with Crippen molar-refractivity contribution in [2.45, 2.75) is 5.41 Å². The molecule has 3 heteroatoms. The average molecular weight is 427 g/mol. The Bertz CT molecular complexity index is 1130. The highest BCUT2D eigenvalue weighted by molar-refractivity contribution is 9.10. The van der Waals surface area contributed by atoms with E-state index in [1.807, 2.05) is 24.3 Å². The van der Waals surface area contributed by atoms with Gasteiger partial charge in [-0.25, -0.2) is 0 Å². The Morgan fingerprint density at radius 2 is 1.11 bits per heavy atom. The summed E-state index contributed by atoms with van der Waals surface area (Å²) >= 11 is 3.86. The van der Waals surface area contributed by atoms with Crippen molar-refractivity contribution in [3.8, 4) is 11.1 Å². The van der Waals surface area contributed by atoms with Crippen LogP contribution in [0.15, 0.2) is 95.5 Å².